The summed E-state index contributed by atoms with van der Waals surface area (Å²) in [4.78, 5) is 12.6. The van der Waals surface area contributed by atoms with E-state index in [-0.39, 0.29) is 0 Å². The average Bonchev–Trinajstić information content (AvgIpc) is 3.16. The summed E-state index contributed by atoms with van der Waals surface area (Å²) in [6.45, 7) is 2.16. The number of hydrogen-bond donors (Lipinski definition) is 1. The number of aromatic amines is 1. The van der Waals surface area contributed by atoms with Crippen molar-refractivity contribution in [1.82, 2.24) is 15.0 Å². The van der Waals surface area contributed by atoms with Crippen molar-refractivity contribution in [3.05, 3.63) is 59.1 Å². The van der Waals surface area contributed by atoms with Gasteiger partial charge >= 0.3 is 0 Å². The monoisotopic (exact) mass is 280 g/mol. The molecule has 0 aliphatic carbocycles. The summed E-state index contributed by atoms with van der Waals surface area (Å²) in [6.07, 6.45) is 7.33. The molecule has 0 saturated heterocycles. The maximum atomic E-state index is 8.84. The minimum atomic E-state index is 0.290. The highest BCUT2D eigenvalue weighted by molar-refractivity contribution is 7.15. The zero-order chi connectivity index (χ0) is 13.9. The van der Waals surface area contributed by atoms with Crippen LogP contribution in [-0.4, -0.2) is 15.0 Å². The molecule has 4 nitrogen and oxygen atoms in total. The average molecular weight is 280 g/mol. The van der Waals surface area contributed by atoms with E-state index in [0.717, 1.165) is 10.6 Å². The minimum Gasteiger partial charge on any atom is -0.352 e. The summed E-state index contributed by atoms with van der Waals surface area (Å²) in [5, 5.41) is 9.77. The van der Waals surface area contributed by atoms with Gasteiger partial charge in [0.25, 0.3) is 0 Å². The Morgan fingerprint density at radius 2 is 2.15 bits per heavy atom. The van der Waals surface area contributed by atoms with Gasteiger partial charge in [0.2, 0.25) is 0 Å². The molecule has 0 fully saturated rings. The van der Waals surface area contributed by atoms with Gasteiger partial charge in [0, 0.05) is 41.1 Å². The third-order valence-corrected chi connectivity index (χ3v) is 4.44. The van der Waals surface area contributed by atoms with E-state index in [9.17, 15) is 0 Å². The number of nitriles is 1. The quantitative estimate of drug-likeness (QED) is 0.797. The van der Waals surface area contributed by atoms with Crippen molar-refractivity contribution in [3.8, 4) is 16.6 Å². The molecule has 0 aliphatic rings. The second kappa shape index (κ2) is 5.27. The topological polar surface area (TPSA) is 65.4 Å². The molecule has 0 saturated carbocycles. The largest absolute Gasteiger partial charge is 0.352 e. The molecule has 98 valence electrons. The Balaban J connectivity index is 1.89. The van der Waals surface area contributed by atoms with Gasteiger partial charge in [-0.05, 0) is 23.8 Å². The molecule has 20 heavy (non-hydrogen) atoms. The summed E-state index contributed by atoms with van der Waals surface area (Å²) < 4.78 is 0. The Kier molecular flexibility index (Phi) is 3.32. The van der Waals surface area contributed by atoms with Crippen LogP contribution in [0, 0.1) is 11.3 Å². The normalized spacial score (nSPS) is 12.0. The van der Waals surface area contributed by atoms with E-state index in [2.05, 4.69) is 27.9 Å². The highest BCUT2D eigenvalue weighted by Gasteiger charge is 2.13. The molecule has 0 aliphatic heterocycles. The van der Waals surface area contributed by atoms with Crippen LogP contribution in [-0.2, 0) is 0 Å². The van der Waals surface area contributed by atoms with Crippen molar-refractivity contribution in [1.29, 1.82) is 5.26 Å². The van der Waals surface area contributed by atoms with E-state index in [0.29, 0.717) is 11.6 Å². The molecule has 0 aromatic carbocycles. The van der Waals surface area contributed by atoms with Crippen LogP contribution >= 0.6 is 11.3 Å². The third kappa shape index (κ3) is 2.33. The number of H-pyrrole nitrogens is 1. The first-order chi connectivity index (χ1) is 9.78. The number of thiazole rings is 1. The van der Waals surface area contributed by atoms with E-state index in [4.69, 9.17) is 5.26 Å². The van der Waals surface area contributed by atoms with Crippen LogP contribution in [0.15, 0.2) is 43.0 Å². The van der Waals surface area contributed by atoms with Crippen LogP contribution in [0.2, 0.25) is 0 Å². The van der Waals surface area contributed by atoms with Gasteiger partial charge in [-0.15, -0.1) is 11.3 Å². The number of hydrogen-bond acceptors (Lipinski definition) is 4. The lowest BCUT2D eigenvalue weighted by Crippen LogP contribution is -1.92. The summed E-state index contributed by atoms with van der Waals surface area (Å²) in [6, 6.07) is 7.95. The molecular formula is C15H12N4S. The molecule has 5 heteroatoms. The molecule has 1 N–H and O–H groups in total. The van der Waals surface area contributed by atoms with Crippen molar-refractivity contribution < 1.29 is 0 Å². The Morgan fingerprint density at radius 3 is 2.85 bits per heavy atom. The molecule has 1 unspecified atom stereocenters. The maximum absolute atomic E-state index is 8.84. The molecule has 0 radical (unpaired) electrons. The first-order valence-corrected chi connectivity index (χ1v) is 7.04. The summed E-state index contributed by atoms with van der Waals surface area (Å²) in [5.41, 5.74) is 2.74. The fourth-order valence-electron chi connectivity index (χ4n) is 2.02. The predicted octanol–water partition coefficient (Wildman–Crippen LogP) is 3.56. The first-order valence-electron chi connectivity index (χ1n) is 6.22. The first kappa shape index (κ1) is 12.6. The summed E-state index contributed by atoms with van der Waals surface area (Å²) in [5.74, 6) is 0.290. The second-order valence-corrected chi connectivity index (χ2v) is 5.55. The van der Waals surface area contributed by atoms with Crippen LogP contribution in [0.3, 0.4) is 0 Å². The molecule has 1 atom stereocenters. The molecular weight excluding hydrogens is 268 g/mol. The fraction of sp³-hybridized carbons (Fsp3) is 0.133. The highest BCUT2D eigenvalue weighted by atomic mass is 32.1. The lowest BCUT2D eigenvalue weighted by molar-refractivity contribution is 0.937. The number of nitrogens with zero attached hydrogens (tertiary/aromatic N) is 3. The van der Waals surface area contributed by atoms with E-state index < -0.39 is 0 Å². The van der Waals surface area contributed by atoms with Crippen molar-refractivity contribution >= 4 is 11.3 Å². The van der Waals surface area contributed by atoms with Crippen molar-refractivity contribution in [2.45, 2.75) is 12.8 Å². The molecule has 3 aromatic rings. The predicted molar refractivity (Wildman–Crippen MR) is 78.4 cm³/mol. The number of pyridine rings is 1. The van der Waals surface area contributed by atoms with Crippen molar-refractivity contribution in [3.63, 3.8) is 0 Å². The molecule has 3 heterocycles. The van der Waals surface area contributed by atoms with Gasteiger partial charge < -0.3 is 4.98 Å². The minimum absolute atomic E-state index is 0.290. The smallest absolute Gasteiger partial charge is 0.125 e. The van der Waals surface area contributed by atoms with Gasteiger partial charge in [-0.25, -0.2) is 4.98 Å². The maximum Gasteiger partial charge on any atom is 0.125 e. The third-order valence-electron chi connectivity index (χ3n) is 3.21. The fourth-order valence-corrected chi connectivity index (χ4v) is 3.00. The SMILES string of the molecule is CC(c1ccncc1)c1cnc(-c2c[nH]c(C#N)c2)s1. The summed E-state index contributed by atoms with van der Waals surface area (Å²) in [7, 11) is 0. The van der Waals surface area contributed by atoms with Gasteiger partial charge in [-0.2, -0.15) is 5.26 Å². The van der Waals surface area contributed by atoms with Gasteiger partial charge in [-0.3, -0.25) is 4.98 Å². The van der Waals surface area contributed by atoms with E-state index >= 15 is 0 Å². The van der Waals surface area contributed by atoms with E-state index in [1.54, 1.807) is 23.7 Å². The van der Waals surface area contributed by atoms with Crippen molar-refractivity contribution in [2.24, 2.45) is 0 Å². The highest BCUT2D eigenvalue weighted by Crippen LogP contribution is 2.32. The summed E-state index contributed by atoms with van der Waals surface area (Å²) >= 11 is 1.65. The van der Waals surface area contributed by atoms with Crippen LogP contribution in [0.1, 0.15) is 29.0 Å². The van der Waals surface area contributed by atoms with E-state index in [1.807, 2.05) is 30.6 Å². The zero-order valence-electron chi connectivity index (χ0n) is 10.9. The van der Waals surface area contributed by atoms with Crippen LogP contribution in [0.4, 0.5) is 0 Å². The molecule has 0 bridgehead atoms. The van der Waals surface area contributed by atoms with Crippen LogP contribution in [0.5, 0.6) is 0 Å². The van der Waals surface area contributed by atoms with Crippen LogP contribution < -0.4 is 0 Å². The Bertz CT molecular complexity index is 752. The zero-order valence-corrected chi connectivity index (χ0v) is 11.7. The molecule has 3 aromatic heterocycles. The van der Waals surface area contributed by atoms with Gasteiger partial charge in [0.15, 0.2) is 0 Å². The van der Waals surface area contributed by atoms with Crippen LogP contribution in [0.25, 0.3) is 10.6 Å². The lowest BCUT2D eigenvalue weighted by atomic mass is 10.0. The Hall–Kier alpha value is -2.45. The standard InChI is InChI=1S/C15H12N4S/c1-10(11-2-4-17-5-3-11)14-9-19-15(20-14)12-6-13(7-16)18-8-12/h2-6,8-10,18H,1H3. The molecule has 0 amide bonds. The van der Waals surface area contributed by atoms with Gasteiger partial charge in [-0.1, -0.05) is 6.92 Å². The number of nitrogens with one attached hydrogen (secondary N) is 1. The molecule has 0 spiro atoms. The second-order valence-electron chi connectivity index (χ2n) is 4.48. The lowest BCUT2D eigenvalue weighted by Gasteiger charge is -2.07. The van der Waals surface area contributed by atoms with Gasteiger partial charge in [0.05, 0.1) is 0 Å². The van der Waals surface area contributed by atoms with Crippen molar-refractivity contribution in [2.75, 3.05) is 0 Å². The molecule has 3 rings (SSSR count). The Labute approximate surface area is 120 Å². The van der Waals surface area contributed by atoms with E-state index in [1.165, 1.54) is 10.4 Å². The number of aromatic nitrogens is 3. The Morgan fingerprint density at radius 1 is 1.35 bits per heavy atom. The van der Waals surface area contributed by atoms with Gasteiger partial charge in [0.1, 0.15) is 16.8 Å². The number of rotatable bonds is 3.